The Morgan fingerprint density at radius 1 is 1.10 bits per heavy atom. The summed E-state index contributed by atoms with van der Waals surface area (Å²) in [7, 11) is 0. The van der Waals surface area contributed by atoms with E-state index in [4.69, 9.17) is 0 Å². The molecule has 2 atom stereocenters. The smallest absolute Gasteiger partial charge is 0.330 e. The maximum absolute atomic E-state index is 11.9. The molecule has 5 nitrogen and oxygen atoms in total. The molecule has 3 N–H and O–H groups in total. The molecule has 0 saturated carbocycles. The van der Waals surface area contributed by atoms with E-state index in [9.17, 15) is 14.7 Å². The van der Waals surface area contributed by atoms with Crippen molar-refractivity contribution in [2.24, 2.45) is 5.41 Å². The van der Waals surface area contributed by atoms with Crippen molar-refractivity contribution in [3.8, 4) is 0 Å². The van der Waals surface area contributed by atoms with Gasteiger partial charge in [-0.1, -0.05) is 51.1 Å². The predicted octanol–water partition coefficient (Wildman–Crippen LogP) is 2.55. The normalized spacial score (nSPS) is 14.2. The van der Waals surface area contributed by atoms with E-state index < -0.39 is 18.0 Å². The third-order valence-corrected chi connectivity index (χ3v) is 3.30. The summed E-state index contributed by atoms with van der Waals surface area (Å²) in [5, 5.41) is 14.5. The third-order valence-electron chi connectivity index (χ3n) is 3.30. The molecule has 2 amide bonds. The summed E-state index contributed by atoms with van der Waals surface area (Å²) in [4.78, 5) is 23.2. The van der Waals surface area contributed by atoms with Crippen molar-refractivity contribution in [3.63, 3.8) is 0 Å². The standard InChI is InChI=1S/C15H22N2O3/c1-10(15(2,3)4)16-14(20)17-12(13(18)19)11-8-6-5-7-9-11/h5-10,12H,1-4H3,(H,18,19)(H2,16,17,20)/t10?,12-/m1/s1. The number of hydrogen-bond donors (Lipinski definition) is 3. The van der Waals surface area contributed by atoms with Crippen LogP contribution in [-0.4, -0.2) is 23.1 Å². The third kappa shape index (κ3) is 4.57. The summed E-state index contributed by atoms with van der Waals surface area (Å²) >= 11 is 0. The van der Waals surface area contributed by atoms with Crippen molar-refractivity contribution in [3.05, 3.63) is 35.9 Å². The van der Waals surface area contributed by atoms with Crippen LogP contribution in [0.3, 0.4) is 0 Å². The molecule has 5 heteroatoms. The average molecular weight is 278 g/mol. The monoisotopic (exact) mass is 278 g/mol. The van der Waals surface area contributed by atoms with Crippen LogP contribution >= 0.6 is 0 Å². The first-order chi connectivity index (χ1) is 9.21. The Morgan fingerprint density at radius 3 is 2.10 bits per heavy atom. The van der Waals surface area contributed by atoms with Crippen LogP contribution in [0.5, 0.6) is 0 Å². The maximum atomic E-state index is 11.9. The minimum absolute atomic E-state index is 0.0762. The molecule has 0 heterocycles. The number of carboxylic acids is 1. The fourth-order valence-electron chi connectivity index (χ4n) is 1.52. The number of nitrogens with one attached hydrogen (secondary N) is 2. The maximum Gasteiger partial charge on any atom is 0.330 e. The first-order valence-electron chi connectivity index (χ1n) is 6.56. The fourth-order valence-corrected chi connectivity index (χ4v) is 1.52. The van der Waals surface area contributed by atoms with E-state index in [0.717, 1.165) is 0 Å². The molecule has 20 heavy (non-hydrogen) atoms. The molecule has 0 aliphatic rings. The van der Waals surface area contributed by atoms with Gasteiger partial charge in [0, 0.05) is 6.04 Å². The largest absolute Gasteiger partial charge is 0.479 e. The lowest BCUT2D eigenvalue weighted by Crippen LogP contribution is -2.48. The van der Waals surface area contributed by atoms with Crippen LogP contribution in [0, 0.1) is 5.41 Å². The molecule has 0 radical (unpaired) electrons. The van der Waals surface area contributed by atoms with Gasteiger partial charge in [-0.2, -0.15) is 0 Å². The first-order valence-corrected chi connectivity index (χ1v) is 6.56. The number of hydrogen-bond acceptors (Lipinski definition) is 2. The Morgan fingerprint density at radius 2 is 1.65 bits per heavy atom. The van der Waals surface area contributed by atoms with Gasteiger partial charge in [-0.15, -0.1) is 0 Å². The lowest BCUT2D eigenvalue weighted by molar-refractivity contribution is -0.139. The Balaban J connectivity index is 2.73. The predicted molar refractivity (Wildman–Crippen MR) is 77.4 cm³/mol. The van der Waals surface area contributed by atoms with Crippen LogP contribution in [0.1, 0.15) is 39.3 Å². The molecule has 0 bridgehead atoms. The van der Waals surface area contributed by atoms with E-state index in [1.807, 2.05) is 27.7 Å². The van der Waals surface area contributed by atoms with Gasteiger partial charge in [-0.05, 0) is 17.9 Å². The molecule has 1 unspecified atom stereocenters. The molecule has 0 aromatic heterocycles. The molecule has 0 fully saturated rings. The molecule has 0 aliphatic heterocycles. The van der Waals surface area contributed by atoms with E-state index in [0.29, 0.717) is 5.56 Å². The summed E-state index contributed by atoms with van der Waals surface area (Å²) in [6, 6.07) is 7.01. The molecule has 1 aromatic carbocycles. The number of carbonyl (C=O) groups is 2. The number of benzene rings is 1. The van der Waals surface area contributed by atoms with Crippen molar-refractivity contribution in [1.82, 2.24) is 10.6 Å². The minimum Gasteiger partial charge on any atom is -0.479 e. The van der Waals surface area contributed by atoms with Gasteiger partial charge in [0.1, 0.15) is 0 Å². The molecule has 110 valence electrons. The average Bonchev–Trinajstić information content (AvgIpc) is 2.35. The zero-order chi connectivity index (χ0) is 15.3. The Labute approximate surface area is 119 Å². The van der Waals surface area contributed by atoms with Crippen LogP contribution in [-0.2, 0) is 4.79 Å². The highest BCUT2D eigenvalue weighted by atomic mass is 16.4. The molecule has 0 aliphatic carbocycles. The number of aliphatic carboxylic acids is 1. The van der Waals surface area contributed by atoms with Crippen LogP contribution in [0.15, 0.2) is 30.3 Å². The van der Waals surface area contributed by atoms with Gasteiger partial charge in [0.05, 0.1) is 0 Å². The van der Waals surface area contributed by atoms with Crippen molar-refractivity contribution in [2.45, 2.75) is 39.8 Å². The zero-order valence-corrected chi connectivity index (χ0v) is 12.3. The van der Waals surface area contributed by atoms with Gasteiger partial charge >= 0.3 is 12.0 Å². The van der Waals surface area contributed by atoms with E-state index >= 15 is 0 Å². The van der Waals surface area contributed by atoms with E-state index in [1.54, 1.807) is 30.3 Å². The number of carbonyl (C=O) groups excluding carboxylic acids is 1. The quantitative estimate of drug-likeness (QED) is 0.792. The van der Waals surface area contributed by atoms with Crippen LogP contribution in [0.2, 0.25) is 0 Å². The van der Waals surface area contributed by atoms with Crippen LogP contribution < -0.4 is 10.6 Å². The molecule has 1 aromatic rings. The fraction of sp³-hybridized carbons (Fsp3) is 0.467. The number of urea groups is 1. The van der Waals surface area contributed by atoms with Crippen molar-refractivity contribution < 1.29 is 14.7 Å². The SMILES string of the molecule is CC(NC(=O)N[C@@H](C(=O)O)c1ccccc1)C(C)(C)C. The van der Waals surface area contributed by atoms with Crippen molar-refractivity contribution in [1.29, 1.82) is 0 Å². The van der Waals surface area contributed by atoms with E-state index in [1.165, 1.54) is 0 Å². The lowest BCUT2D eigenvalue weighted by atomic mass is 9.88. The highest BCUT2D eigenvalue weighted by molar-refractivity contribution is 5.83. The van der Waals surface area contributed by atoms with Crippen LogP contribution in [0.25, 0.3) is 0 Å². The minimum atomic E-state index is -1.09. The Kier molecular flexibility index (Phi) is 5.13. The van der Waals surface area contributed by atoms with Gasteiger partial charge < -0.3 is 15.7 Å². The van der Waals surface area contributed by atoms with Crippen LogP contribution in [0.4, 0.5) is 4.79 Å². The second-order valence-corrected chi connectivity index (χ2v) is 5.89. The summed E-state index contributed by atoms with van der Waals surface area (Å²) in [5.74, 6) is -1.09. The zero-order valence-electron chi connectivity index (χ0n) is 12.3. The van der Waals surface area contributed by atoms with Crippen molar-refractivity contribution in [2.75, 3.05) is 0 Å². The topological polar surface area (TPSA) is 78.4 Å². The van der Waals surface area contributed by atoms with E-state index in [-0.39, 0.29) is 11.5 Å². The molecular weight excluding hydrogens is 256 g/mol. The second-order valence-electron chi connectivity index (χ2n) is 5.89. The van der Waals surface area contributed by atoms with Crippen molar-refractivity contribution >= 4 is 12.0 Å². The van der Waals surface area contributed by atoms with E-state index in [2.05, 4.69) is 10.6 Å². The summed E-state index contributed by atoms with van der Waals surface area (Å²) < 4.78 is 0. The molecule has 0 saturated heterocycles. The van der Waals surface area contributed by atoms with Gasteiger partial charge in [-0.3, -0.25) is 0 Å². The molecule has 0 spiro atoms. The molecular formula is C15H22N2O3. The second kappa shape index (κ2) is 6.41. The Hall–Kier alpha value is -2.04. The lowest BCUT2D eigenvalue weighted by Gasteiger charge is -2.28. The van der Waals surface area contributed by atoms with Gasteiger partial charge in [0.2, 0.25) is 0 Å². The number of carboxylic acid groups (broad SMARTS) is 1. The summed E-state index contributed by atoms with van der Waals surface area (Å²) in [6.45, 7) is 7.90. The summed E-state index contributed by atoms with van der Waals surface area (Å²) in [5.41, 5.74) is 0.446. The summed E-state index contributed by atoms with van der Waals surface area (Å²) in [6.07, 6.45) is 0. The van der Waals surface area contributed by atoms with Gasteiger partial charge in [0.15, 0.2) is 6.04 Å². The highest BCUT2D eigenvalue weighted by Crippen LogP contribution is 2.18. The highest BCUT2D eigenvalue weighted by Gasteiger charge is 2.25. The van der Waals surface area contributed by atoms with Gasteiger partial charge in [-0.25, -0.2) is 9.59 Å². The van der Waals surface area contributed by atoms with Gasteiger partial charge in [0.25, 0.3) is 0 Å². The number of rotatable bonds is 4. The first kappa shape index (κ1) is 16.0. The molecule has 1 rings (SSSR count). The Bertz CT molecular complexity index is 466. The number of amides is 2.